The van der Waals surface area contributed by atoms with Crippen LogP contribution in [0.25, 0.3) is 0 Å². The SMILES string of the molecule is NC(=O)c1cncn1[C@@H]1CCNC1. The van der Waals surface area contributed by atoms with E-state index in [0.29, 0.717) is 11.7 Å². The molecule has 1 aromatic heterocycles. The first-order valence-corrected chi connectivity index (χ1v) is 4.31. The first-order chi connectivity index (χ1) is 6.29. The van der Waals surface area contributed by atoms with Crippen LogP contribution in [0.15, 0.2) is 12.5 Å². The summed E-state index contributed by atoms with van der Waals surface area (Å²) in [7, 11) is 0. The Morgan fingerprint density at radius 2 is 2.62 bits per heavy atom. The number of nitrogens with one attached hydrogen (secondary N) is 1. The van der Waals surface area contributed by atoms with Crippen LogP contribution >= 0.6 is 0 Å². The summed E-state index contributed by atoms with van der Waals surface area (Å²) in [6, 6.07) is 0.324. The maximum Gasteiger partial charge on any atom is 0.266 e. The second kappa shape index (κ2) is 3.18. The number of aromatic nitrogens is 2. The molecule has 2 rings (SSSR count). The van der Waals surface area contributed by atoms with Crippen molar-refractivity contribution in [3.63, 3.8) is 0 Å². The molecule has 1 saturated heterocycles. The van der Waals surface area contributed by atoms with Gasteiger partial charge in [-0.25, -0.2) is 4.98 Å². The molecule has 3 N–H and O–H groups in total. The predicted molar refractivity (Wildman–Crippen MR) is 47.3 cm³/mol. The lowest BCUT2D eigenvalue weighted by atomic mass is 10.2. The van der Waals surface area contributed by atoms with Crippen molar-refractivity contribution >= 4 is 5.91 Å². The zero-order chi connectivity index (χ0) is 9.26. The van der Waals surface area contributed by atoms with Gasteiger partial charge in [-0.3, -0.25) is 4.79 Å². The normalized spacial score (nSPS) is 22.0. The molecule has 1 aromatic rings. The minimum atomic E-state index is -0.413. The number of rotatable bonds is 2. The third-order valence-corrected chi connectivity index (χ3v) is 2.35. The predicted octanol–water partition coefficient (Wildman–Crippen LogP) is -0.484. The van der Waals surface area contributed by atoms with E-state index in [2.05, 4.69) is 10.3 Å². The first kappa shape index (κ1) is 8.25. The summed E-state index contributed by atoms with van der Waals surface area (Å²) in [4.78, 5) is 14.9. The summed E-state index contributed by atoms with van der Waals surface area (Å²) in [6.07, 6.45) is 4.20. The number of amides is 1. The van der Waals surface area contributed by atoms with Crippen molar-refractivity contribution in [2.24, 2.45) is 5.73 Å². The molecule has 2 heterocycles. The fourth-order valence-corrected chi connectivity index (χ4v) is 1.66. The van der Waals surface area contributed by atoms with Gasteiger partial charge in [-0.2, -0.15) is 0 Å². The topological polar surface area (TPSA) is 72.9 Å². The first-order valence-electron chi connectivity index (χ1n) is 4.31. The fourth-order valence-electron chi connectivity index (χ4n) is 1.66. The number of carbonyl (C=O) groups excluding carboxylic acids is 1. The van der Waals surface area contributed by atoms with Gasteiger partial charge in [-0.1, -0.05) is 0 Å². The van der Waals surface area contributed by atoms with E-state index in [1.807, 2.05) is 4.57 Å². The van der Waals surface area contributed by atoms with Crippen LogP contribution < -0.4 is 11.1 Å². The van der Waals surface area contributed by atoms with Crippen LogP contribution in [0.4, 0.5) is 0 Å². The molecular formula is C8H12N4O. The van der Waals surface area contributed by atoms with Gasteiger partial charge in [0.1, 0.15) is 5.69 Å². The van der Waals surface area contributed by atoms with Gasteiger partial charge in [-0.15, -0.1) is 0 Å². The largest absolute Gasteiger partial charge is 0.364 e. The molecule has 1 aliphatic rings. The third-order valence-electron chi connectivity index (χ3n) is 2.35. The molecule has 1 fully saturated rings. The monoisotopic (exact) mass is 180 g/mol. The van der Waals surface area contributed by atoms with Crippen molar-refractivity contribution in [3.8, 4) is 0 Å². The molecule has 70 valence electrons. The maximum atomic E-state index is 11.0. The van der Waals surface area contributed by atoms with E-state index in [4.69, 9.17) is 5.73 Å². The van der Waals surface area contributed by atoms with Crippen LogP contribution in [-0.4, -0.2) is 28.5 Å². The van der Waals surface area contributed by atoms with E-state index in [1.165, 1.54) is 6.20 Å². The average molecular weight is 180 g/mol. The lowest BCUT2D eigenvalue weighted by Crippen LogP contribution is -2.21. The van der Waals surface area contributed by atoms with E-state index in [-0.39, 0.29) is 0 Å². The molecule has 5 nitrogen and oxygen atoms in total. The molecule has 1 amide bonds. The van der Waals surface area contributed by atoms with Crippen molar-refractivity contribution in [2.45, 2.75) is 12.5 Å². The molecule has 13 heavy (non-hydrogen) atoms. The van der Waals surface area contributed by atoms with Gasteiger partial charge < -0.3 is 15.6 Å². The number of nitrogens with zero attached hydrogens (tertiary/aromatic N) is 2. The minimum absolute atomic E-state index is 0.324. The summed E-state index contributed by atoms with van der Waals surface area (Å²) in [5, 5.41) is 3.23. The summed E-state index contributed by atoms with van der Waals surface area (Å²) < 4.78 is 1.85. The zero-order valence-corrected chi connectivity index (χ0v) is 7.23. The van der Waals surface area contributed by atoms with Crippen molar-refractivity contribution in [3.05, 3.63) is 18.2 Å². The Morgan fingerprint density at radius 3 is 3.23 bits per heavy atom. The number of primary amides is 1. The molecule has 0 spiro atoms. The Bertz CT molecular complexity index is 314. The Hall–Kier alpha value is -1.36. The van der Waals surface area contributed by atoms with Crippen LogP contribution in [0.3, 0.4) is 0 Å². The van der Waals surface area contributed by atoms with Crippen molar-refractivity contribution in [2.75, 3.05) is 13.1 Å². The van der Waals surface area contributed by atoms with Gasteiger partial charge in [0.2, 0.25) is 0 Å². The van der Waals surface area contributed by atoms with Gasteiger partial charge in [0, 0.05) is 12.6 Å². The molecule has 0 saturated carbocycles. The number of carbonyl (C=O) groups is 1. The highest BCUT2D eigenvalue weighted by molar-refractivity contribution is 5.90. The number of nitrogens with two attached hydrogens (primary N) is 1. The number of imidazole rings is 1. The molecule has 0 aliphatic carbocycles. The second-order valence-electron chi connectivity index (χ2n) is 3.20. The fraction of sp³-hybridized carbons (Fsp3) is 0.500. The van der Waals surface area contributed by atoms with Crippen molar-refractivity contribution < 1.29 is 4.79 Å². The highest BCUT2D eigenvalue weighted by Gasteiger charge is 2.20. The highest BCUT2D eigenvalue weighted by atomic mass is 16.1. The van der Waals surface area contributed by atoms with Gasteiger partial charge in [-0.05, 0) is 13.0 Å². The molecule has 1 aliphatic heterocycles. The smallest absolute Gasteiger partial charge is 0.266 e. The molecule has 0 bridgehead atoms. The van der Waals surface area contributed by atoms with Crippen LogP contribution in [0.5, 0.6) is 0 Å². The molecular weight excluding hydrogens is 168 g/mol. The van der Waals surface area contributed by atoms with Gasteiger partial charge in [0.05, 0.1) is 12.5 Å². The summed E-state index contributed by atoms with van der Waals surface area (Å²) >= 11 is 0. The van der Waals surface area contributed by atoms with E-state index >= 15 is 0 Å². The van der Waals surface area contributed by atoms with E-state index in [1.54, 1.807) is 6.33 Å². The number of hydrogen-bond donors (Lipinski definition) is 2. The quantitative estimate of drug-likeness (QED) is 0.645. The standard InChI is InChI=1S/C8H12N4O/c9-8(13)7-4-11-5-12(7)6-1-2-10-3-6/h4-6,10H,1-3H2,(H2,9,13)/t6-/m1/s1. The lowest BCUT2D eigenvalue weighted by Gasteiger charge is -2.11. The Labute approximate surface area is 75.9 Å². The Kier molecular flexibility index (Phi) is 2.02. The summed E-state index contributed by atoms with van der Waals surface area (Å²) in [5.74, 6) is -0.413. The molecule has 0 aromatic carbocycles. The van der Waals surface area contributed by atoms with E-state index in [9.17, 15) is 4.79 Å². The summed E-state index contributed by atoms with van der Waals surface area (Å²) in [5.41, 5.74) is 5.70. The van der Waals surface area contributed by atoms with Gasteiger partial charge in [0.25, 0.3) is 5.91 Å². The van der Waals surface area contributed by atoms with Crippen LogP contribution in [-0.2, 0) is 0 Å². The average Bonchev–Trinajstić information content (AvgIpc) is 2.74. The van der Waals surface area contributed by atoms with Crippen LogP contribution in [0, 0.1) is 0 Å². The molecule has 1 atom stereocenters. The van der Waals surface area contributed by atoms with E-state index in [0.717, 1.165) is 19.5 Å². The van der Waals surface area contributed by atoms with Crippen LogP contribution in [0.1, 0.15) is 23.0 Å². The Morgan fingerprint density at radius 1 is 1.77 bits per heavy atom. The maximum absolute atomic E-state index is 11.0. The molecule has 0 radical (unpaired) electrons. The van der Waals surface area contributed by atoms with Gasteiger partial charge >= 0.3 is 0 Å². The Balaban J connectivity index is 2.28. The highest BCUT2D eigenvalue weighted by Crippen LogP contribution is 2.16. The summed E-state index contributed by atoms with van der Waals surface area (Å²) in [6.45, 7) is 1.87. The van der Waals surface area contributed by atoms with Gasteiger partial charge in [0.15, 0.2) is 0 Å². The third kappa shape index (κ3) is 1.42. The molecule has 0 unspecified atom stereocenters. The lowest BCUT2D eigenvalue weighted by molar-refractivity contribution is 0.0989. The van der Waals surface area contributed by atoms with E-state index < -0.39 is 5.91 Å². The number of hydrogen-bond acceptors (Lipinski definition) is 3. The second-order valence-corrected chi connectivity index (χ2v) is 3.20. The van der Waals surface area contributed by atoms with Crippen molar-refractivity contribution in [1.82, 2.24) is 14.9 Å². The van der Waals surface area contributed by atoms with Crippen molar-refractivity contribution in [1.29, 1.82) is 0 Å². The zero-order valence-electron chi connectivity index (χ0n) is 7.23. The minimum Gasteiger partial charge on any atom is -0.364 e. The van der Waals surface area contributed by atoms with Crippen LogP contribution in [0.2, 0.25) is 0 Å². The molecule has 5 heteroatoms.